The Morgan fingerprint density at radius 1 is 1.17 bits per heavy atom. The molecular formula is C19H17F3N4O3. The minimum atomic E-state index is -5.08. The molecule has 2 aliphatic rings. The number of hydrogen-bond acceptors (Lipinski definition) is 5. The van der Waals surface area contributed by atoms with Crippen molar-refractivity contribution in [1.82, 2.24) is 15.3 Å². The van der Waals surface area contributed by atoms with Gasteiger partial charge >= 0.3 is 12.1 Å². The number of carboxylic acid groups (broad SMARTS) is 1. The van der Waals surface area contributed by atoms with E-state index in [0.29, 0.717) is 17.5 Å². The van der Waals surface area contributed by atoms with Gasteiger partial charge in [-0.1, -0.05) is 18.2 Å². The monoisotopic (exact) mass is 406 g/mol. The number of alkyl halides is 3. The summed E-state index contributed by atoms with van der Waals surface area (Å²) in [6.45, 7) is 2.06. The summed E-state index contributed by atoms with van der Waals surface area (Å²) in [6, 6.07) is 12.8. The predicted molar refractivity (Wildman–Crippen MR) is 101 cm³/mol. The van der Waals surface area contributed by atoms with Crippen LogP contribution < -0.4 is 15.8 Å². The van der Waals surface area contributed by atoms with Gasteiger partial charge in [0, 0.05) is 35.9 Å². The molecule has 2 fully saturated rings. The molecule has 2 atom stereocenters. The van der Waals surface area contributed by atoms with Gasteiger partial charge < -0.3 is 20.3 Å². The zero-order chi connectivity index (χ0) is 20.8. The van der Waals surface area contributed by atoms with Crippen LogP contribution in [0.3, 0.4) is 0 Å². The molecule has 0 radical (unpaired) electrons. The van der Waals surface area contributed by atoms with Gasteiger partial charge in [0.1, 0.15) is 5.82 Å². The van der Waals surface area contributed by atoms with Crippen LogP contribution in [0.4, 0.5) is 19.0 Å². The molecule has 4 heterocycles. The van der Waals surface area contributed by atoms with Gasteiger partial charge in [0.25, 0.3) is 5.56 Å². The van der Waals surface area contributed by atoms with Crippen molar-refractivity contribution in [3.63, 3.8) is 0 Å². The highest BCUT2D eigenvalue weighted by molar-refractivity contribution is 6.03. The smallest absolute Gasteiger partial charge is 0.475 e. The first kappa shape index (κ1) is 19.2. The molecule has 1 aromatic carbocycles. The SMILES string of the molecule is O=C(O)C(F)(F)F.O=c1[nH]c2ccc(N3C[C@H]4C[C@@H]3CN4)nc2c2ccccc12. The quantitative estimate of drug-likeness (QED) is 0.537. The van der Waals surface area contributed by atoms with Gasteiger partial charge in [0.15, 0.2) is 0 Å². The van der Waals surface area contributed by atoms with Crippen LogP contribution in [-0.4, -0.2) is 52.4 Å². The topological polar surface area (TPSA) is 98.3 Å². The Labute approximate surface area is 162 Å². The largest absolute Gasteiger partial charge is 0.490 e. The third-order valence-corrected chi connectivity index (χ3v) is 5.15. The minimum Gasteiger partial charge on any atom is -0.475 e. The standard InChI is InChI=1S/C17H16N4O.C2HF3O2/c22-17-13-4-2-1-3-12(13)16-14(19-17)5-6-15(20-16)21-9-10-7-11(21)8-18-10;3-2(4,5)1(6)7/h1-6,10-11,18H,7-9H2,(H,19,22);(H,6,7)/t10-,11-;/m1./s1. The van der Waals surface area contributed by atoms with E-state index in [1.54, 1.807) is 0 Å². The number of anilines is 1. The maximum absolute atomic E-state index is 12.1. The van der Waals surface area contributed by atoms with Crippen LogP contribution in [0.25, 0.3) is 21.8 Å². The summed E-state index contributed by atoms with van der Waals surface area (Å²) in [4.78, 5) is 31.2. The van der Waals surface area contributed by atoms with E-state index in [9.17, 15) is 18.0 Å². The molecule has 2 aliphatic heterocycles. The molecule has 2 aromatic heterocycles. The lowest BCUT2D eigenvalue weighted by Gasteiger charge is -2.28. The third kappa shape index (κ3) is 3.63. The molecule has 0 spiro atoms. The number of nitrogens with zero attached hydrogens (tertiary/aromatic N) is 2. The molecule has 0 amide bonds. The van der Waals surface area contributed by atoms with Crippen molar-refractivity contribution in [3.8, 4) is 0 Å². The van der Waals surface area contributed by atoms with Crippen LogP contribution in [-0.2, 0) is 4.79 Å². The number of aliphatic carboxylic acids is 1. The molecule has 7 nitrogen and oxygen atoms in total. The van der Waals surface area contributed by atoms with Crippen molar-refractivity contribution in [3.05, 3.63) is 46.8 Å². The Bertz CT molecular complexity index is 1140. The molecule has 2 bridgehead atoms. The lowest BCUT2D eigenvalue weighted by atomic mass is 10.1. The molecule has 10 heteroatoms. The third-order valence-electron chi connectivity index (χ3n) is 5.15. The van der Waals surface area contributed by atoms with E-state index in [0.717, 1.165) is 35.3 Å². The molecule has 0 unspecified atom stereocenters. The summed E-state index contributed by atoms with van der Waals surface area (Å²) in [5.41, 5.74) is 1.63. The van der Waals surface area contributed by atoms with Gasteiger partial charge in [0.2, 0.25) is 0 Å². The van der Waals surface area contributed by atoms with E-state index in [1.165, 1.54) is 6.42 Å². The number of pyridine rings is 2. The Hall–Kier alpha value is -3.14. The molecular weight excluding hydrogens is 389 g/mol. The summed E-state index contributed by atoms with van der Waals surface area (Å²) in [5, 5.41) is 12.3. The number of halogens is 3. The van der Waals surface area contributed by atoms with Gasteiger partial charge in [-0.2, -0.15) is 13.2 Å². The number of H-pyrrole nitrogens is 1. The lowest BCUT2D eigenvalue weighted by molar-refractivity contribution is -0.192. The Morgan fingerprint density at radius 2 is 1.86 bits per heavy atom. The van der Waals surface area contributed by atoms with Crippen molar-refractivity contribution in [2.45, 2.75) is 24.7 Å². The summed E-state index contributed by atoms with van der Waals surface area (Å²) >= 11 is 0. The van der Waals surface area contributed by atoms with Crippen LogP contribution in [0.2, 0.25) is 0 Å². The normalized spacial score (nSPS) is 20.7. The summed E-state index contributed by atoms with van der Waals surface area (Å²) in [6.07, 6.45) is -3.88. The molecule has 5 rings (SSSR count). The van der Waals surface area contributed by atoms with E-state index in [-0.39, 0.29) is 5.56 Å². The van der Waals surface area contributed by atoms with Crippen molar-refractivity contribution in [2.24, 2.45) is 0 Å². The highest BCUT2D eigenvalue weighted by Crippen LogP contribution is 2.30. The Balaban J connectivity index is 0.000000255. The number of carboxylic acids is 1. The molecule has 2 saturated heterocycles. The number of piperazine rings is 1. The van der Waals surface area contributed by atoms with Crippen molar-refractivity contribution < 1.29 is 23.1 Å². The lowest BCUT2D eigenvalue weighted by Crippen LogP contribution is -2.44. The summed E-state index contributed by atoms with van der Waals surface area (Å²) in [7, 11) is 0. The number of aromatic amines is 1. The van der Waals surface area contributed by atoms with E-state index in [2.05, 4.69) is 15.2 Å². The Kier molecular flexibility index (Phi) is 4.65. The van der Waals surface area contributed by atoms with Crippen molar-refractivity contribution in [1.29, 1.82) is 0 Å². The first-order chi connectivity index (χ1) is 13.7. The molecule has 0 aliphatic carbocycles. The maximum atomic E-state index is 12.1. The molecule has 3 aromatic rings. The van der Waals surface area contributed by atoms with Crippen molar-refractivity contribution in [2.75, 3.05) is 18.0 Å². The van der Waals surface area contributed by atoms with Crippen molar-refractivity contribution >= 4 is 33.6 Å². The number of rotatable bonds is 1. The zero-order valence-corrected chi connectivity index (χ0v) is 15.0. The highest BCUT2D eigenvalue weighted by Gasteiger charge is 2.39. The second-order valence-electron chi connectivity index (χ2n) is 7.02. The highest BCUT2D eigenvalue weighted by atomic mass is 19.4. The molecule has 152 valence electrons. The van der Waals surface area contributed by atoms with Crippen LogP contribution in [0.1, 0.15) is 6.42 Å². The fraction of sp³-hybridized carbons (Fsp3) is 0.316. The fourth-order valence-electron chi connectivity index (χ4n) is 3.83. The first-order valence-corrected chi connectivity index (χ1v) is 8.96. The van der Waals surface area contributed by atoms with Gasteiger partial charge in [-0.3, -0.25) is 4.79 Å². The van der Waals surface area contributed by atoms with Crippen LogP contribution >= 0.6 is 0 Å². The Morgan fingerprint density at radius 3 is 2.45 bits per heavy atom. The molecule has 29 heavy (non-hydrogen) atoms. The maximum Gasteiger partial charge on any atom is 0.490 e. The first-order valence-electron chi connectivity index (χ1n) is 8.96. The van der Waals surface area contributed by atoms with Gasteiger partial charge in [0.05, 0.1) is 11.0 Å². The number of benzene rings is 1. The molecule has 0 saturated carbocycles. The van der Waals surface area contributed by atoms with Crippen LogP contribution in [0, 0.1) is 0 Å². The van der Waals surface area contributed by atoms with Gasteiger partial charge in [-0.25, -0.2) is 9.78 Å². The second kappa shape index (κ2) is 7.03. The number of nitrogens with one attached hydrogen (secondary N) is 2. The number of aromatic nitrogens is 2. The summed E-state index contributed by atoms with van der Waals surface area (Å²) in [5.74, 6) is -1.74. The fourth-order valence-corrected chi connectivity index (χ4v) is 3.83. The average Bonchev–Trinajstić information content (AvgIpc) is 3.31. The number of carbonyl (C=O) groups is 1. The molecule has 3 N–H and O–H groups in total. The summed E-state index contributed by atoms with van der Waals surface area (Å²) < 4.78 is 31.7. The van der Waals surface area contributed by atoms with E-state index in [1.807, 2.05) is 36.4 Å². The van der Waals surface area contributed by atoms with Crippen LogP contribution in [0.5, 0.6) is 0 Å². The predicted octanol–water partition coefficient (Wildman–Crippen LogP) is 2.26. The van der Waals surface area contributed by atoms with E-state index >= 15 is 0 Å². The average molecular weight is 406 g/mol. The van der Waals surface area contributed by atoms with E-state index < -0.39 is 12.1 Å². The van der Waals surface area contributed by atoms with Gasteiger partial charge in [-0.15, -0.1) is 0 Å². The zero-order valence-electron chi connectivity index (χ0n) is 15.0. The minimum absolute atomic E-state index is 0.0536. The van der Waals surface area contributed by atoms with E-state index in [4.69, 9.17) is 14.9 Å². The van der Waals surface area contributed by atoms with Crippen LogP contribution in [0.15, 0.2) is 41.2 Å². The van der Waals surface area contributed by atoms with Gasteiger partial charge in [-0.05, 0) is 24.6 Å². The number of hydrogen-bond donors (Lipinski definition) is 3. The number of fused-ring (bicyclic) bond motifs is 5. The second-order valence-corrected chi connectivity index (χ2v) is 7.02.